The van der Waals surface area contributed by atoms with Gasteiger partial charge in [-0.2, -0.15) is 0 Å². The maximum absolute atomic E-state index is 13.4. The summed E-state index contributed by atoms with van der Waals surface area (Å²) in [5.74, 6) is -0.0697. The zero-order valence-corrected chi connectivity index (χ0v) is 21.9. The molecule has 0 aromatic heterocycles. The Morgan fingerprint density at radius 3 is 2.85 bits per heavy atom. The predicted octanol–water partition coefficient (Wildman–Crippen LogP) is 5.34. The van der Waals surface area contributed by atoms with Crippen molar-refractivity contribution in [1.29, 1.82) is 0 Å². The van der Waals surface area contributed by atoms with E-state index in [0.29, 0.717) is 27.8 Å². The summed E-state index contributed by atoms with van der Waals surface area (Å²) in [5.41, 5.74) is 0.921. The van der Waals surface area contributed by atoms with Crippen molar-refractivity contribution < 1.29 is 9.59 Å². The van der Waals surface area contributed by atoms with E-state index in [4.69, 9.17) is 11.6 Å². The third-order valence-corrected chi connectivity index (χ3v) is 9.08. The number of likely N-dealkylation sites (tertiary alicyclic amines) is 1. The van der Waals surface area contributed by atoms with Gasteiger partial charge in [0.1, 0.15) is 6.54 Å². The number of halogens is 1. The SMILES string of the molecule is CCC1CCCCN1CCCNC(=O)CN1C(=O)/C(=C\c2cccc(Cl)c2)SC2CCCCC21. The lowest BCUT2D eigenvalue weighted by Gasteiger charge is -2.43. The van der Waals surface area contributed by atoms with Crippen LogP contribution < -0.4 is 5.32 Å². The number of fused-ring (bicyclic) bond motifs is 1. The van der Waals surface area contributed by atoms with Crippen LogP contribution >= 0.6 is 23.4 Å². The average Bonchev–Trinajstić information content (AvgIpc) is 2.84. The minimum atomic E-state index is -0.0441. The molecule has 0 radical (unpaired) electrons. The molecule has 1 aromatic carbocycles. The van der Waals surface area contributed by atoms with Gasteiger partial charge in [-0.1, -0.05) is 49.9 Å². The summed E-state index contributed by atoms with van der Waals surface area (Å²) in [6, 6.07) is 8.41. The van der Waals surface area contributed by atoms with Crippen LogP contribution in [0.2, 0.25) is 5.02 Å². The standard InChI is InChI=1S/C27H38ClN3O2S/c1-2-22-11-5-6-15-30(22)16-8-14-29-26(32)19-31-23-12-3-4-13-24(23)34-25(27(31)33)18-20-9-7-10-21(28)17-20/h7,9-10,17-18,22-24H,2-6,8,11-16,19H2,1H3,(H,29,32)/b25-18+. The quantitative estimate of drug-likeness (QED) is 0.384. The van der Waals surface area contributed by atoms with Crippen molar-refractivity contribution in [2.75, 3.05) is 26.2 Å². The zero-order chi connectivity index (χ0) is 23.9. The Labute approximate surface area is 213 Å². The highest BCUT2D eigenvalue weighted by Crippen LogP contribution is 2.42. The topological polar surface area (TPSA) is 52.7 Å². The summed E-state index contributed by atoms with van der Waals surface area (Å²) in [5, 5.41) is 4.10. The third kappa shape index (κ3) is 6.58. The zero-order valence-electron chi connectivity index (χ0n) is 20.3. The number of carbonyl (C=O) groups excluding carboxylic acids is 2. The molecule has 1 aromatic rings. The molecule has 1 saturated carbocycles. The van der Waals surface area contributed by atoms with Crippen LogP contribution in [0.25, 0.3) is 6.08 Å². The van der Waals surface area contributed by atoms with Gasteiger partial charge >= 0.3 is 0 Å². The van der Waals surface area contributed by atoms with E-state index >= 15 is 0 Å². The van der Waals surface area contributed by atoms with Crippen LogP contribution in [0.4, 0.5) is 0 Å². The molecule has 5 nitrogen and oxygen atoms in total. The molecule has 3 aliphatic rings. The van der Waals surface area contributed by atoms with E-state index in [-0.39, 0.29) is 24.4 Å². The van der Waals surface area contributed by atoms with Crippen molar-refractivity contribution >= 4 is 41.3 Å². The minimum absolute atomic E-state index is 0.0256. The summed E-state index contributed by atoms with van der Waals surface area (Å²) in [7, 11) is 0. The first-order valence-corrected chi connectivity index (χ1v) is 14.3. The number of thioether (sulfide) groups is 1. The fourth-order valence-electron chi connectivity index (χ4n) is 5.65. The number of nitrogens with one attached hydrogen (secondary N) is 1. The molecule has 3 fully saturated rings. The lowest BCUT2D eigenvalue weighted by Crippen LogP contribution is -2.54. The molecular formula is C27H38ClN3O2S. The molecule has 2 saturated heterocycles. The van der Waals surface area contributed by atoms with E-state index in [1.165, 1.54) is 38.6 Å². The van der Waals surface area contributed by atoms with Gasteiger partial charge in [0.05, 0.1) is 4.91 Å². The molecule has 0 spiro atoms. The fourth-order valence-corrected chi connectivity index (χ4v) is 7.32. The molecule has 186 valence electrons. The van der Waals surface area contributed by atoms with E-state index in [0.717, 1.165) is 37.8 Å². The lowest BCUT2D eigenvalue weighted by molar-refractivity contribution is -0.135. The molecule has 3 atom stereocenters. The van der Waals surface area contributed by atoms with Crippen LogP contribution in [-0.4, -0.2) is 65.1 Å². The van der Waals surface area contributed by atoms with Gasteiger partial charge < -0.3 is 15.1 Å². The van der Waals surface area contributed by atoms with Crippen molar-refractivity contribution in [1.82, 2.24) is 15.1 Å². The molecule has 2 heterocycles. The number of carbonyl (C=O) groups is 2. The normalized spacial score (nSPS) is 27.0. The Kier molecular flexibility index (Phi) is 9.38. The van der Waals surface area contributed by atoms with E-state index in [1.807, 2.05) is 35.2 Å². The Hall–Kier alpha value is -1.50. The number of nitrogens with zero attached hydrogens (tertiary/aromatic N) is 2. The molecule has 2 amide bonds. The first kappa shape index (κ1) is 25.6. The number of piperidine rings is 1. The molecule has 0 bridgehead atoms. The Morgan fingerprint density at radius 1 is 1.21 bits per heavy atom. The molecule has 4 rings (SSSR count). The number of benzene rings is 1. The molecule has 34 heavy (non-hydrogen) atoms. The second-order valence-electron chi connectivity index (χ2n) is 9.80. The minimum Gasteiger partial charge on any atom is -0.355 e. The summed E-state index contributed by atoms with van der Waals surface area (Å²) in [6.45, 7) is 5.30. The smallest absolute Gasteiger partial charge is 0.261 e. The van der Waals surface area contributed by atoms with E-state index in [2.05, 4.69) is 17.1 Å². The number of hydrogen-bond acceptors (Lipinski definition) is 4. The maximum Gasteiger partial charge on any atom is 0.261 e. The van der Waals surface area contributed by atoms with Gasteiger partial charge in [0, 0.05) is 35.4 Å². The van der Waals surface area contributed by atoms with Crippen LogP contribution in [0.5, 0.6) is 0 Å². The summed E-state index contributed by atoms with van der Waals surface area (Å²) < 4.78 is 0. The van der Waals surface area contributed by atoms with Gasteiger partial charge in [0.15, 0.2) is 0 Å². The van der Waals surface area contributed by atoms with Gasteiger partial charge in [-0.15, -0.1) is 11.8 Å². The van der Waals surface area contributed by atoms with Crippen molar-refractivity contribution in [3.63, 3.8) is 0 Å². The van der Waals surface area contributed by atoms with Gasteiger partial charge in [-0.25, -0.2) is 0 Å². The van der Waals surface area contributed by atoms with Gasteiger partial charge in [-0.3, -0.25) is 9.59 Å². The van der Waals surface area contributed by atoms with Gasteiger partial charge in [-0.05, 0) is 68.8 Å². The van der Waals surface area contributed by atoms with E-state index in [1.54, 1.807) is 11.8 Å². The second-order valence-corrected chi connectivity index (χ2v) is 11.5. The molecule has 3 unspecified atom stereocenters. The first-order valence-electron chi connectivity index (χ1n) is 13.0. The maximum atomic E-state index is 13.4. The van der Waals surface area contributed by atoms with Crippen molar-refractivity contribution in [3.05, 3.63) is 39.8 Å². The van der Waals surface area contributed by atoms with Crippen LogP contribution in [0.15, 0.2) is 29.2 Å². The Morgan fingerprint density at radius 2 is 2.03 bits per heavy atom. The summed E-state index contributed by atoms with van der Waals surface area (Å²) in [4.78, 5) is 31.4. The van der Waals surface area contributed by atoms with Crippen LogP contribution in [0.3, 0.4) is 0 Å². The highest BCUT2D eigenvalue weighted by molar-refractivity contribution is 8.04. The van der Waals surface area contributed by atoms with E-state index < -0.39 is 0 Å². The first-order chi connectivity index (χ1) is 16.5. The second kappa shape index (κ2) is 12.5. The largest absolute Gasteiger partial charge is 0.355 e. The van der Waals surface area contributed by atoms with Gasteiger partial charge in [0.2, 0.25) is 5.91 Å². The lowest BCUT2D eigenvalue weighted by atomic mass is 9.93. The fraction of sp³-hybridized carbons (Fsp3) is 0.630. The van der Waals surface area contributed by atoms with Crippen LogP contribution in [0, 0.1) is 0 Å². The monoisotopic (exact) mass is 503 g/mol. The average molecular weight is 504 g/mol. The summed E-state index contributed by atoms with van der Waals surface area (Å²) in [6.07, 6.45) is 12.4. The predicted molar refractivity (Wildman–Crippen MR) is 142 cm³/mol. The molecule has 1 aliphatic carbocycles. The molecule has 7 heteroatoms. The van der Waals surface area contributed by atoms with Gasteiger partial charge in [0.25, 0.3) is 5.91 Å². The molecular weight excluding hydrogens is 466 g/mol. The highest BCUT2D eigenvalue weighted by atomic mass is 35.5. The van der Waals surface area contributed by atoms with Crippen LogP contribution in [-0.2, 0) is 9.59 Å². The highest BCUT2D eigenvalue weighted by Gasteiger charge is 2.41. The summed E-state index contributed by atoms with van der Waals surface area (Å²) >= 11 is 7.83. The van der Waals surface area contributed by atoms with E-state index in [9.17, 15) is 9.59 Å². The molecule has 2 aliphatic heterocycles. The van der Waals surface area contributed by atoms with Crippen molar-refractivity contribution in [2.24, 2.45) is 0 Å². The van der Waals surface area contributed by atoms with Crippen LogP contribution in [0.1, 0.15) is 70.3 Å². The number of rotatable bonds is 8. The number of hydrogen-bond donors (Lipinski definition) is 1. The van der Waals surface area contributed by atoms with Crippen molar-refractivity contribution in [2.45, 2.75) is 82.0 Å². The number of amides is 2. The van der Waals surface area contributed by atoms with Crippen molar-refractivity contribution in [3.8, 4) is 0 Å². The third-order valence-electron chi connectivity index (χ3n) is 7.44. The Bertz CT molecular complexity index is 892. The Balaban J connectivity index is 1.34. The molecule has 1 N–H and O–H groups in total.